The number of allylic oxidation sites excluding steroid dienone is 7. The van der Waals surface area contributed by atoms with E-state index in [0.29, 0.717) is 5.84 Å². The third-order valence-electron chi connectivity index (χ3n) is 1.97. The number of amidine groups is 1. The van der Waals surface area contributed by atoms with Gasteiger partial charge in [0.1, 0.15) is 5.84 Å². The van der Waals surface area contributed by atoms with Crippen molar-refractivity contribution in [3.8, 4) is 0 Å². The fourth-order valence-corrected chi connectivity index (χ4v) is 1.07. The van der Waals surface area contributed by atoms with E-state index < -0.39 is 0 Å². The van der Waals surface area contributed by atoms with Crippen molar-refractivity contribution >= 4 is 5.84 Å². The molecule has 0 bridgehead atoms. The van der Waals surface area contributed by atoms with Crippen molar-refractivity contribution in [2.75, 3.05) is 0 Å². The Bertz CT molecular complexity index is 405. The number of nitrogens with two attached hydrogens (primary N) is 1. The van der Waals surface area contributed by atoms with Crippen molar-refractivity contribution in [1.29, 1.82) is 0 Å². The highest BCUT2D eigenvalue weighted by Crippen LogP contribution is 2.04. The van der Waals surface area contributed by atoms with Crippen LogP contribution in [0, 0.1) is 0 Å². The summed E-state index contributed by atoms with van der Waals surface area (Å²) in [6, 6.07) is 0. The molecule has 0 radical (unpaired) electrons. The third kappa shape index (κ3) is 6.15. The zero-order valence-electron chi connectivity index (χ0n) is 10.6. The number of nitrogens with zero attached hydrogens (tertiary/aromatic N) is 1. The Morgan fingerprint density at radius 1 is 1.00 bits per heavy atom. The van der Waals surface area contributed by atoms with Gasteiger partial charge in [0, 0.05) is 5.57 Å². The van der Waals surface area contributed by atoms with E-state index in [1.54, 1.807) is 12.2 Å². The maximum atomic E-state index is 5.91. The van der Waals surface area contributed by atoms with Crippen LogP contribution in [0.3, 0.4) is 0 Å². The summed E-state index contributed by atoms with van der Waals surface area (Å²) in [5, 5.41) is 0. The molecule has 0 aliphatic carbocycles. The fourth-order valence-electron chi connectivity index (χ4n) is 1.07. The van der Waals surface area contributed by atoms with E-state index in [0.717, 1.165) is 11.3 Å². The Morgan fingerprint density at radius 3 is 2.06 bits per heavy atom. The first-order chi connectivity index (χ1) is 8.19. The van der Waals surface area contributed by atoms with E-state index in [9.17, 15) is 0 Å². The lowest BCUT2D eigenvalue weighted by Crippen LogP contribution is -2.13. The molecule has 0 aromatic rings. The second kappa shape index (κ2) is 9.16. The lowest BCUT2D eigenvalue weighted by molar-refractivity contribution is 1.35. The van der Waals surface area contributed by atoms with Crippen molar-refractivity contribution < 1.29 is 0 Å². The molecule has 0 amide bonds. The number of hydrogen-bond donors (Lipinski definition) is 1. The minimum Gasteiger partial charge on any atom is -0.383 e. The van der Waals surface area contributed by atoms with Gasteiger partial charge in [-0.1, -0.05) is 55.7 Å². The highest BCUT2D eigenvalue weighted by Gasteiger charge is 1.97. The fraction of sp³-hybridized carbons (Fsp3) is 0.133. The first-order valence-electron chi connectivity index (χ1n) is 5.45. The van der Waals surface area contributed by atoms with E-state index in [4.69, 9.17) is 5.73 Å². The van der Waals surface area contributed by atoms with Crippen LogP contribution < -0.4 is 5.73 Å². The molecule has 0 heterocycles. The molecule has 0 saturated carbocycles. The van der Waals surface area contributed by atoms with E-state index >= 15 is 0 Å². The van der Waals surface area contributed by atoms with Crippen LogP contribution in [-0.4, -0.2) is 5.84 Å². The van der Waals surface area contributed by atoms with Gasteiger partial charge in [-0.2, -0.15) is 0 Å². The van der Waals surface area contributed by atoms with E-state index in [1.165, 1.54) is 0 Å². The number of hydrogen-bond acceptors (Lipinski definition) is 1. The molecule has 0 unspecified atom stereocenters. The normalized spacial score (nSPS) is 14.6. The van der Waals surface area contributed by atoms with Crippen LogP contribution in [-0.2, 0) is 0 Å². The van der Waals surface area contributed by atoms with Crippen molar-refractivity contribution in [1.82, 2.24) is 0 Å². The first-order valence-corrected chi connectivity index (χ1v) is 5.45. The highest BCUT2D eigenvalue weighted by atomic mass is 14.9. The van der Waals surface area contributed by atoms with E-state index in [2.05, 4.69) is 18.2 Å². The van der Waals surface area contributed by atoms with Gasteiger partial charge in [-0.15, -0.1) is 0 Å². The van der Waals surface area contributed by atoms with Gasteiger partial charge in [0.05, 0.1) is 5.70 Å². The molecule has 0 aromatic heterocycles. The Hall–Kier alpha value is -2.09. The molecule has 2 nitrogen and oxygen atoms in total. The predicted octanol–water partition coefficient (Wildman–Crippen LogP) is 3.68. The monoisotopic (exact) mass is 228 g/mol. The molecule has 2 heteroatoms. The summed E-state index contributed by atoms with van der Waals surface area (Å²) in [5.74, 6) is 0.479. The van der Waals surface area contributed by atoms with Gasteiger partial charge in [0.15, 0.2) is 0 Å². The quantitative estimate of drug-likeness (QED) is 0.420. The molecule has 17 heavy (non-hydrogen) atoms. The van der Waals surface area contributed by atoms with E-state index in [-0.39, 0.29) is 0 Å². The summed E-state index contributed by atoms with van der Waals surface area (Å²) in [6.45, 7) is 11.1. The molecule has 0 fully saturated rings. The van der Waals surface area contributed by atoms with E-state index in [1.807, 2.05) is 50.3 Å². The second-order valence-corrected chi connectivity index (χ2v) is 3.14. The maximum absolute atomic E-state index is 5.91. The molecule has 2 N–H and O–H groups in total. The van der Waals surface area contributed by atoms with Crippen LogP contribution in [0.1, 0.15) is 13.8 Å². The smallest absolute Gasteiger partial charge is 0.130 e. The summed E-state index contributed by atoms with van der Waals surface area (Å²) >= 11 is 0. The Labute approximate surface area is 104 Å². The van der Waals surface area contributed by atoms with Crippen LogP contribution in [0.4, 0.5) is 0 Å². The standard InChI is InChI=1S/C15H20N2/c1-5-9-11-13(7-3)15(16)17-14(8-4)12-10-6-2/h5-12H,1-2H2,3-4H3,(H2,16,17)/b11-9-,12-10-,13-7+,14-8+. The van der Waals surface area contributed by atoms with Crippen LogP contribution in [0.2, 0.25) is 0 Å². The summed E-state index contributed by atoms with van der Waals surface area (Å²) in [6.07, 6.45) is 14.6. The van der Waals surface area contributed by atoms with Gasteiger partial charge in [0.2, 0.25) is 0 Å². The SMILES string of the molecule is C=C\C=C/C(=C\C)/N=C(N)/C(/C=C\C=C)=C/C. The van der Waals surface area contributed by atoms with Crippen molar-refractivity contribution in [2.24, 2.45) is 10.7 Å². The van der Waals surface area contributed by atoms with Crippen LogP contribution in [0.15, 0.2) is 78.0 Å². The molecular formula is C15H20N2. The lowest BCUT2D eigenvalue weighted by atomic mass is 10.2. The zero-order valence-corrected chi connectivity index (χ0v) is 10.6. The molecule has 90 valence electrons. The zero-order chi connectivity index (χ0) is 13.1. The van der Waals surface area contributed by atoms with Gasteiger partial charge in [-0.25, -0.2) is 4.99 Å². The van der Waals surface area contributed by atoms with Gasteiger partial charge < -0.3 is 5.73 Å². The molecule has 0 aliphatic rings. The summed E-state index contributed by atoms with van der Waals surface area (Å²) in [5.41, 5.74) is 7.58. The maximum Gasteiger partial charge on any atom is 0.130 e. The topological polar surface area (TPSA) is 38.4 Å². The van der Waals surface area contributed by atoms with Crippen molar-refractivity contribution in [2.45, 2.75) is 13.8 Å². The van der Waals surface area contributed by atoms with Crippen LogP contribution >= 0.6 is 0 Å². The largest absolute Gasteiger partial charge is 0.383 e. The molecule has 0 rings (SSSR count). The lowest BCUT2D eigenvalue weighted by Gasteiger charge is -2.01. The summed E-state index contributed by atoms with van der Waals surface area (Å²) < 4.78 is 0. The summed E-state index contributed by atoms with van der Waals surface area (Å²) in [7, 11) is 0. The van der Waals surface area contributed by atoms with Gasteiger partial charge in [0.25, 0.3) is 0 Å². The summed E-state index contributed by atoms with van der Waals surface area (Å²) in [4.78, 5) is 4.32. The predicted molar refractivity (Wildman–Crippen MR) is 77.8 cm³/mol. The third-order valence-corrected chi connectivity index (χ3v) is 1.97. The Kier molecular flexibility index (Phi) is 8.03. The second-order valence-electron chi connectivity index (χ2n) is 3.14. The number of aliphatic imine (C=N–C) groups is 1. The Balaban J connectivity index is 5.05. The van der Waals surface area contributed by atoms with Gasteiger partial charge in [-0.05, 0) is 19.9 Å². The van der Waals surface area contributed by atoms with Gasteiger partial charge >= 0.3 is 0 Å². The molecule has 0 aliphatic heterocycles. The molecule has 0 atom stereocenters. The molecule has 0 spiro atoms. The van der Waals surface area contributed by atoms with Crippen molar-refractivity contribution in [3.63, 3.8) is 0 Å². The average molecular weight is 228 g/mol. The highest BCUT2D eigenvalue weighted by molar-refractivity contribution is 6.00. The number of rotatable bonds is 6. The minimum absolute atomic E-state index is 0.479. The first kappa shape index (κ1) is 14.9. The Morgan fingerprint density at radius 2 is 1.59 bits per heavy atom. The van der Waals surface area contributed by atoms with Crippen molar-refractivity contribution in [3.05, 3.63) is 73.0 Å². The van der Waals surface area contributed by atoms with Gasteiger partial charge in [-0.3, -0.25) is 0 Å². The molecule has 0 aromatic carbocycles. The average Bonchev–Trinajstić information content (AvgIpc) is 2.35. The van der Waals surface area contributed by atoms with Crippen LogP contribution in [0.25, 0.3) is 0 Å². The van der Waals surface area contributed by atoms with Crippen LogP contribution in [0.5, 0.6) is 0 Å². The molecular weight excluding hydrogens is 208 g/mol. The minimum atomic E-state index is 0.479. The molecule has 0 saturated heterocycles.